The predicted molar refractivity (Wildman–Crippen MR) is 196 cm³/mol. The van der Waals surface area contributed by atoms with Crippen LogP contribution in [0.25, 0.3) is 17.0 Å². The highest BCUT2D eigenvalue weighted by Crippen LogP contribution is 2.31. The number of nitrogens with zero attached hydrogens (tertiary/aromatic N) is 1. The van der Waals surface area contributed by atoms with Gasteiger partial charge in [0.25, 0.3) is 0 Å². The van der Waals surface area contributed by atoms with Crippen molar-refractivity contribution in [3.05, 3.63) is 77.5 Å². The third-order valence-corrected chi connectivity index (χ3v) is 8.68. The smallest absolute Gasteiger partial charge is 0.306 e. The maximum atomic E-state index is 13.0. The highest BCUT2D eigenvalue weighted by Gasteiger charge is 2.53. The fourth-order valence-electron chi connectivity index (χ4n) is 5.78. The number of aliphatic hydroxyl groups excluding tert-OH is 1. The fourth-order valence-corrected chi connectivity index (χ4v) is 5.78. The van der Waals surface area contributed by atoms with Crippen LogP contribution in [0.2, 0.25) is 0 Å². The van der Waals surface area contributed by atoms with Crippen LogP contribution in [-0.4, -0.2) is 102 Å². The highest BCUT2D eigenvalue weighted by atomic mass is 16.7. The van der Waals surface area contributed by atoms with Gasteiger partial charge in [-0.05, 0) is 28.8 Å². The monoisotopic (exact) mass is 750 g/mol. The number of esters is 4. The molecule has 2 N–H and O–H groups in total. The van der Waals surface area contributed by atoms with Gasteiger partial charge in [-0.15, -0.1) is 0 Å². The summed E-state index contributed by atoms with van der Waals surface area (Å²) < 4.78 is 34.0. The van der Waals surface area contributed by atoms with Crippen molar-refractivity contribution in [1.82, 2.24) is 9.88 Å². The van der Waals surface area contributed by atoms with Gasteiger partial charge in [-0.1, -0.05) is 76.2 Å². The van der Waals surface area contributed by atoms with E-state index in [1.54, 1.807) is 33.8 Å². The van der Waals surface area contributed by atoms with Gasteiger partial charge in [-0.25, -0.2) is 0 Å². The number of hydrogen-bond acceptors (Lipinski definition) is 13. The minimum atomic E-state index is -1.46. The van der Waals surface area contributed by atoms with E-state index in [2.05, 4.69) is 16.0 Å². The number of aromatic amines is 1. The van der Waals surface area contributed by atoms with Crippen molar-refractivity contribution in [2.75, 3.05) is 26.4 Å². The number of benzene rings is 2. The van der Waals surface area contributed by atoms with Crippen molar-refractivity contribution < 1.29 is 57.5 Å². The number of fused-ring (bicyclic) bond motifs is 1. The Morgan fingerprint density at radius 1 is 0.796 bits per heavy atom. The van der Waals surface area contributed by atoms with E-state index in [1.165, 1.54) is 6.08 Å². The normalized spacial score (nSPS) is 19.9. The number of aromatic nitrogens is 1. The van der Waals surface area contributed by atoms with E-state index in [0.29, 0.717) is 19.6 Å². The zero-order valence-electron chi connectivity index (χ0n) is 31.2. The van der Waals surface area contributed by atoms with E-state index in [9.17, 15) is 29.1 Å². The first-order valence-electron chi connectivity index (χ1n) is 18.3. The molecule has 0 amide bonds. The fraction of sp³-hybridized carbons (Fsp3) is 0.475. The zero-order valence-corrected chi connectivity index (χ0v) is 31.2. The Morgan fingerprint density at radius 2 is 1.43 bits per heavy atom. The standard InChI is InChI=1S/C40H50N2O12/c1-5-33(45)49-25-32-37(52-34(46)6-2)38(53-35(47)7-3)39(54-36(48)8-4)40(51-32)50-24-29(44)18-17-26-13-15-27(16-14-26)22-42(19-20-43)23-28-21-41-31-12-10-9-11-30(28)31/h9-18,21,32,37-41,43H,5-8,19-20,22-25H2,1-4H3/b18-17+/t32-,37+,38+,39-,40-/m1/s1. The first-order chi connectivity index (χ1) is 26.1. The summed E-state index contributed by atoms with van der Waals surface area (Å²) in [6.45, 7) is 7.16. The number of ketones is 1. The molecule has 2 aromatic carbocycles. The quantitative estimate of drug-likeness (QED) is 0.0944. The first kappa shape index (κ1) is 41.9. The second kappa shape index (κ2) is 21.1. The third-order valence-electron chi connectivity index (χ3n) is 8.68. The van der Waals surface area contributed by atoms with Crippen LogP contribution in [0.15, 0.2) is 60.8 Å². The summed E-state index contributed by atoms with van der Waals surface area (Å²) in [5.74, 6) is -3.03. The van der Waals surface area contributed by atoms with Gasteiger partial charge in [-0.3, -0.25) is 28.9 Å². The molecule has 1 fully saturated rings. The summed E-state index contributed by atoms with van der Waals surface area (Å²) >= 11 is 0. The van der Waals surface area contributed by atoms with Gasteiger partial charge < -0.3 is 38.5 Å². The minimum Gasteiger partial charge on any atom is -0.463 e. The maximum absolute atomic E-state index is 13.0. The summed E-state index contributed by atoms with van der Waals surface area (Å²) in [5, 5.41) is 10.8. The van der Waals surface area contributed by atoms with Crippen LogP contribution < -0.4 is 0 Å². The lowest BCUT2D eigenvalue weighted by Crippen LogP contribution is -2.63. The predicted octanol–water partition coefficient (Wildman–Crippen LogP) is 4.40. The molecule has 1 aliphatic rings. The zero-order chi connectivity index (χ0) is 39.0. The van der Waals surface area contributed by atoms with Gasteiger partial charge in [-0.2, -0.15) is 0 Å². The third kappa shape index (κ3) is 12.1. The van der Waals surface area contributed by atoms with Gasteiger partial charge in [0.15, 0.2) is 30.4 Å². The number of para-hydroxylation sites is 1. The number of nitrogens with one attached hydrogen (secondary N) is 1. The Balaban J connectivity index is 1.45. The van der Waals surface area contributed by atoms with Crippen LogP contribution in [-0.2, 0) is 65.5 Å². The van der Waals surface area contributed by atoms with Crippen LogP contribution in [0.5, 0.6) is 0 Å². The van der Waals surface area contributed by atoms with Gasteiger partial charge in [0.1, 0.15) is 19.3 Å². The van der Waals surface area contributed by atoms with Crippen LogP contribution in [0.1, 0.15) is 70.1 Å². The molecule has 292 valence electrons. The van der Waals surface area contributed by atoms with Gasteiger partial charge in [0.2, 0.25) is 0 Å². The molecular weight excluding hydrogens is 700 g/mol. The molecule has 0 radical (unpaired) electrons. The summed E-state index contributed by atoms with van der Waals surface area (Å²) in [4.78, 5) is 68.1. The number of rotatable bonds is 20. The average Bonchev–Trinajstić information content (AvgIpc) is 3.59. The number of ether oxygens (including phenoxy) is 6. The lowest BCUT2D eigenvalue weighted by Gasteiger charge is -2.44. The lowest BCUT2D eigenvalue weighted by atomic mass is 9.98. The first-order valence-corrected chi connectivity index (χ1v) is 18.3. The van der Waals surface area contributed by atoms with Crippen molar-refractivity contribution in [2.24, 2.45) is 0 Å². The molecule has 0 aliphatic carbocycles. The number of carbonyl (C=O) groups excluding carboxylic acids is 5. The maximum Gasteiger partial charge on any atom is 0.306 e. The summed E-state index contributed by atoms with van der Waals surface area (Å²) in [7, 11) is 0. The summed E-state index contributed by atoms with van der Waals surface area (Å²) in [5.41, 5.74) is 3.98. The SMILES string of the molecule is CCC(=O)OC[C@H]1O[C@@H](OCC(=O)/C=C/c2ccc(CN(CCO)Cc3c[nH]c4ccccc34)cc2)[C@H](OC(=O)CC)[C@@H](OC(=O)CC)[C@H]1OC(=O)CC. The van der Waals surface area contributed by atoms with Crippen LogP contribution >= 0.6 is 0 Å². The Morgan fingerprint density at radius 3 is 2.07 bits per heavy atom. The summed E-state index contributed by atoms with van der Waals surface area (Å²) in [6.07, 6.45) is -1.89. The van der Waals surface area contributed by atoms with Crippen molar-refractivity contribution in [1.29, 1.82) is 0 Å². The molecule has 4 rings (SSSR count). The van der Waals surface area contributed by atoms with Crippen molar-refractivity contribution >= 4 is 46.6 Å². The molecule has 0 saturated carbocycles. The van der Waals surface area contributed by atoms with E-state index < -0.39 is 73.6 Å². The Kier molecular flexibility index (Phi) is 16.4. The minimum absolute atomic E-state index is 0.0193. The van der Waals surface area contributed by atoms with Crippen molar-refractivity contribution in [2.45, 2.75) is 97.2 Å². The number of aliphatic hydroxyl groups is 1. The van der Waals surface area contributed by atoms with E-state index in [-0.39, 0.29) is 32.3 Å². The Hall–Kier alpha value is -4.89. The van der Waals surface area contributed by atoms with Crippen LogP contribution in [0.4, 0.5) is 0 Å². The molecule has 1 saturated heterocycles. The largest absolute Gasteiger partial charge is 0.463 e. The number of carbonyl (C=O) groups is 5. The highest BCUT2D eigenvalue weighted by molar-refractivity contribution is 5.94. The molecule has 2 heterocycles. The number of hydrogen-bond donors (Lipinski definition) is 2. The van der Waals surface area contributed by atoms with Crippen molar-refractivity contribution in [3.63, 3.8) is 0 Å². The molecule has 3 aromatic rings. The molecule has 14 heteroatoms. The van der Waals surface area contributed by atoms with Crippen LogP contribution in [0.3, 0.4) is 0 Å². The average molecular weight is 751 g/mol. The van der Waals surface area contributed by atoms with Gasteiger partial charge >= 0.3 is 23.9 Å². The van der Waals surface area contributed by atoms with Crippen LogP contribution in [0, 0.1) is 0 Å². The molecular formula is C40H50N2O12. The Labute approximate surface area is 314 Å². The number of H-pyrrole nitrogens is 1. The molecule has 14 nitrogen and oxygen atoms in total. The van der Waals surface area contributed by atoms with E-state index in [4.69, 9.17) is 28.4 Å². The molecule has 0 bridgehead atoms. The molecule has 54 heavy (non-hydrogen) atoms. The lowest BCUT2D eigenvalue weighted by molar-refractivity contribution is -0.307. The van der Waals surface area contributed by atoms with Crippen molar-refractivity contribution in [3.8, 4) is 0 Å². The van der Waals surface area contributed by atoms with E-state index in [0.717, 1.165) is 27.6 Å². The van der Waals surface area contributed by atoms with E-state index >= 15 is 0 Å². The molecule has 0 spiro atoms. The second-order valence-corrected chi connectivity index (χ2v) is 12.6. The van der Waals surface area contributed by atoms with Gasteiger partial charge in [0.05, 0.1) is 6.61 Å². The molecule has 5 atom stereocenters. The van der Waals surface area contributed by atoms with Gasteiger partial charge in [0, 0.05) is 62.4 Å². The molecule has 1 aromatic heterocycles. The molecule has 0 unspecified atom stereocenters. The second-order valence-electron chi connectivity index (χ2n) is 12.6. The summed E-state index contributed by atoms with van der Waals surface area (Å²) in [6, 6.07) is 15.7. The van der Waals surface area contributed by atoms with E-state index in [1.807, 2.05) is 48.7 Å². The molecule has 1 aliphatic heterocycles. The Bertz CT molecular complexity index is 1740. The topological polar surface area (TPSA) is 180 Å².